The third-order valence-corrected chi connectivity index (χ3v) is 4.77. The first-order valence-electron chi connectivity index (χ1n) is 9.23. The number of nitrogens with zero attached hydrogens (tertiary/aromatic N) is 4. The number of hydrogen-bond donors (Lipinski definition) is 1. The number of aromatic nitrogens is 3. The predicted molar refractivity (Wildman–Crippen MR) is 99.2 cm³/mol. The van der Waals surface area contributed by atoms with E-state index in [2.05, 4.69) is 26.5 Å². The van der Waals surface area contributed by atoms with E-state index in [-0.39, 0.29) is 11.8 Å². The molecule has 26 heavy (non-hydrogen) atoms. The molecular weight excluding hydrogens is 330 g/mol. The lowest BCUT2D eigenvalue weighted by Crippen LogP contribution is -2.28. The highest BCUT2D eigenvalue weighted by Crippen LogP contribution is 2.28. The summed E-state index contributed by atoms with van der Waals surface area (Å²) < 4.78 is 5.22. The van der Waals surface area contributed by atoms with Crippen molar-refractivity contribution < 1.29 is 9.32 Å². The van der Waals surface area contributed by atoms with Crippen LogP contribution in [0.25, 0.3) is 0 Å². The van der Waals surface area contributed by atoms with Crippen molar-refractivity contribution in [2.24, 2.45) is 0 Å². The van der Waals surface area contributed by atoms with E-state index < -0.39 is 0 Å². The molecule has 1 saturated heterocycles. The Labute approximate surface area is 154 Å². The van der Waals surface area contributed by atoms with Crippen molar-refractivity contribution >= 4 is 11.6 Å². The Balaban J connectivity index is 1.56. The second kappa shape index (κ2) is 7.85. The number of carbonyl (C=O) groups excluding carboxylic acids is 1. The standard InChI is InChI=1S/C19H27N5O2/c1-12(2)19-22-17(26-23-19)5-6-18(25)24-8-7-14(11-24)16-10-15(20-4)9-13(3)21-16/h9-10,12,14H,5-8,11H2,1-4H3,(H,20,21). The second-order valence-electron chi connectivity index (χ2n) is 7.20. The van der Waals surface area contributed by atoms with E-state index in [1.165, 1.54) is 0 Å². The van der Waals surface area contributed by atoms with E-state index in [4.69, 9.17) is 4.52 Å². The van der Waals surface area contributed by atoms with Crippen LogP contribution in [0.15, 0.2) is 16.7 Å². The van der Waals surface area contributed by atoms with Crippen molar-refractivity contribution in [2.45, 2.75) is 51.9 Å². The molecule has 1 unspecified atom stereocenters. The fourth-order valence-corrected chi connectivity index (χ4v) is 3.25. The average Bonchev–Trinajstić information content (AvgIpc) is 3.28. The zero-order chi connectivity index (χ0) is 18.7. The summed E-state index contributed by atoms with van der Waals surface area (Å²) in [6, 6.07) is 4.11. The summed E-state index contributed by atoms with van der Waals surface area (Å²) in [7, 11) is 1.91. The Kier molecular flexibility index (Phi) is 5.54. The molecule has 1 N–H and O–H groups in total. The molecule has 0 aromatic carbocycles. The fourth-order valence-electron chi connectivity index (χ4n) is 3.25. The average molecular weight is 357 g/mol. The van der Waals surface area contributed by atoms with Crippen molar-refractivity contribution in [3.63, 3.8) is 0 Å². The minimum atomic E-state index is 0.137. The van der Waals surface area contributed by atoms with Crippen LogP contribution in [0.1, 0.15) is 61.6 Å². The van der Waals surface area contributed by atoms with Gasteiger partial charge in [0.1, 0.15) is 0 Å². The number of rotatable bonds is 6. The van der Waals surface area contributed by atoms with Crippen molar-refractivity contribution in [1.29, 1.82) is 0 Å². The van der Waals surface area contributed by atoms with E-state index in [1.54, 1.807) is 0 Å². The predicted octanol–water partition coefficient (Wildman–Crippen LogP) is 2.89. The molecule has 0 bridgehead atoms. The zero-order valence-corrected chi connectivity index (χ0v) is 16.0. The highest BCUT2D eigenvalue weighted by atomic mass is 16.5. The summed E-state index contributed by atoms with van der Waals surface area (Å²) in [4.78, 5) is 23.4. The maximum atomic E-state index is 12.5. The molecule has 3 rings (SSSR count). The van der Waals surface area contributed by atoms with Crippen LogP contribution in [0.2, 0.25) is 0 Å². The highest BCUT2D eigenvalue weighted by Gasteiger charge is 2.28. The summed E-state index contributed by atoms with van der Waals surface area (Å²) in [5.74, 6) is 1.89. The summed E-state index contributed by atoms with van der Waals surface area (Å²) in [5.41, 5.74) is 3.12. The monoisotopic (exact) mass is 357 g/mol. The first kappa shape index (κ1) is 18.4. The molecule has 7 nitrogen and oxygen atoms in total. The van der Waals surface area contributed by atoms with Crippen molar-refractivity contribution in [3.8, 4) is 0 Å². The van der Waals surface area contributed by atoms with Crippen LogP contribution in [0.5, 0.6) is 0 Å². The minimum Gasteiger partial charge on any atom is -0.388 e. The highest BCUT2D eigenvalue weighted by molar-refractivity contribution is 5.76. The van der Waals surface area contributed by atoms with Gasteiger partial charge < -0.3 is 14.7 Å². The van der Waals surface area contributed by atoms with Gasteiger partial charge in [0.2, 0.25) is 11.8 Å². The van der Waals surface area contributed by atoms with Gasteiger partial charge in [0.15, 0.2) is 5.82 Å². The molecule has 1 aliphatic heterocycles. The molecule has 7 heteroatoms. The lowest BCUT2D eigenvalue weighted by atomic mass is 10.0. The smallest absolute Gasteiger partial charge is 0.227 e. The normalized spacial score (nSPS) is 17.1. The van der Waals surface area contributed by atoms with Gasteiger partial charge in [-0.15, -0.1) is 0 Å². The van der Waals surface area contributed by atoms with Crippen LogP contribution in [0.3, 0.4) is 0 Å². The Hall–Kier alpha value is -2.44. The van der Waals surface area contributed by atoms with E-state index in [0.717, 1.165) is 36.6 Å². The van der Waals surface area contributed by atoms with Gasteiger partial charge in [-0.05, 0) is 25.5 Å². The molecule has 140 valence electrons. The van der Waals surface area contributed by atoms with Gasteiger partial charge in [-0.25, -0.2) is 0 Å². The van der Waals surface area contributed by atoms with E-state index in [9.17, 15) is 4.79 Å². The molecule has 2 aromatic heterocycles. The number of hydrogen-bond acceptors (Lipinski definition) is 6. The summed E-state index contributed by atoms with van der Waals surface area (Å²) in [5, 5.41) is 7.11. The van der Waals surface area contributed by atoms with E-state index in [0.29, 0.717) is 30.5 Å². The van der Waals surface area contributed by atoms with Crippen LogP contribution in [0, 0.1) is 6.92 Å². The lowest BCUT2D eigenvalue weighted by molar-refractivity contribution is -0.130. The van der Waals surface area contributed by atoms with Crippen molar-refractivity contribution in [2.75, 3.05) is 25.5 Å². The van der Waals surface area contributed by atoms with Gasteiger partial charge in [-0.3, -0.25) is 9.78 Å². The quantitative estimate of drug-likeness (QED) is 0.856. The van der Waals surface area contributed by atoms with Gasteiger partial charge in [-0.1, -0.05) is 19.0 Å². The molecule has 1 atom stereocenters. The molecule has 1 fully saturated rings. The summed E-state index contributed by atoms with van der Waals surface area (Å²) >= 11 is 0. The Bertz CT molecular complexity index is 771. The Morgan fingerprint density at radius 1 is 1.38 bits per heavy atom. The molecular formula is C19H27N5O2. The van der Waals surface area contributed by atoms with E-state index >= 15 is 0 Å². The largest absolute Gasteiger partial charge is 0.388 e. The molecule has 3 heterocycles. The fraction of sp³-hybridized carbons (Fsp3) is 0.579. The maximum absolute atomic E-state index is 12.5. The van der Waals surface area contributed by atoms with Crippen LogP contribution < -0.4 is 5.32 Å². The van der Waals surface area contributed by atoms with Gasteiger partial charge in [0, 0.05) is 61.9 Å². The summed E-state index contributed by atoms with van der Waals surface area (Å²) in [6.45, 7) is 7.53. The SMILES string of the molecule is CNc1cc(C)nc(C2CCN(C(=O)CCc3nc(C(C)C)no3)C2)c1. The molecule has 0 spiro atoms. The number of anilines is 1. The second-order valence-corrected chi connectivity index (χ2v) is 7.20. The van der Waals surface area contributed by atoms with Crippen LogP contribution in [-0.2, 0) is 11.2 Å². The number of amides is 1. The first-order chi connectivity index (χ1) is 12.5. The van der Waals surface area contributed by atoms with Gasteiger partial charge in [0.25, 0.3) is 0 Å². The van der Waals surface area contributed by atoms with Crippen LogP contribution >= 0.6 is 0 Å². The number of aryl methyl sites for hydroxylation is 2. The summed E-state index contributed by atoms with van der Waals surface area (Å²) in [6.07, 6.45) is 1.84. The Morgan fingerprint density at radius 3 is 2.88 bits per heavy atom. The van der Waals surface area contributed by atoms with Crippen molar-refractivity contribution in [1.82, 2.24) is 20.0 Å². The molecule has 2 aromatic rings. The zero-order valence-electron chi connectivity index (χ0n) is 16.0. The van der Waals surface area contributed by atoms with Crippen LogP contribution in [0.4, 0.5) is 5.69 Å². The lowest BCUT2D eigenvalue weighted by Gasteiger charge is -2.16. The first-order valence-corrected chi connectivity index (χ1v) is 9.23. The third kappa shape index (κ3) is 4.20. The van der Waals surface area contributed by atoms with Gasteiger partial charge >= 0.3 is 0 Å². The van der Waals surface area contributed by atoms with E-state index in [1.807, 2.05) is 38.8 Å². The number of carbonyl (C=O) groups is 1. The number of pyridine rings is 1. The maximum Gasteiger partial charge on any atom is 0.227 e. The molecule has 0 saturated carbocycles. The minimum absolute atomic E-state index is 0.137. The molecule has 0 radical (unpaired) electrons. The van der Waals surface area contributed by atoms with Crippen molar-refractivity contribution in [3.05, 3.63) is 35.2 Å². The third-order valence-electron chi connectivity index (χ3n) is 4.77. The molecule has 0 aliphatic carbocycles. The van der Waals surface area contributed by atoms with Gasteiger partial charge in [-0.2, -0.15) is 4.98 Å². The molecule has 1 aliphatic rings. The number of nitrogens with one attached hydrogen (secondary N) is 1. The van der Waals surface area contributed by atoms with Gasteiger partial charge in [0.05, 0.1) is 0 Å². The van der Waals surface area contributed by atoms with Crippen LogP contribution in [-0.4, -0.2) is 46.1 Å². The Morgan fingerprint density at radius 2 is 2.19 bits per heavy atom. The topological polar surface area (TPSA) is 84.2 Å². The molecule has 1 amide bonds. The number of likely N-dealkylation sites (tertiary alicyclic amines) is 1.